The normalized spacial score (nSPS) is 29.7. The molecule has 6 aliphatic rings. The van der Waals surface area contributed by atoms with Crippen LogP contribution in [0.5, 0.6) is 11.5 Å². The smallest absolute Gasteiger partial charge is 0.335 e. The second-order valence-electron chi connectivity index (χ2n) is 22.5. The first-order valence-corrected chi connectivity index (χ1v) is 27.3. The molecule has 2 N–H and O–H groups in total. The molecule has 8 rings (SSSR count). The molecule has 8 heteroatoms. The number of benzene rings is 2. The van der Waals surface area contributed by atoms with Gasteiger partial charge in [0.25, 0.3) is 0 Å². The monoisotopic (exact) mass is 905 g/mol. The Hall–Kier alpha value is -3.68. The van der Waals surface area contributed by atoms with Crippen molar-refractivity contribution in [2.75, 3.05) is 0 Å². The zero-order valence-corrected chi connectivity index (χ0v) is 41.0. The van der Waals surface area contributed by atoms with Crippen LogP contribution in [0.2, 0.25) is 0 Å². The summed E-state index contributed by atoms with van der Waals surface area (Å²) in [4.78, 5) is 36.3. The van der Waals surface area contributed by atoms with Crippen LogP contribution in [-0.2, 0) is 32.1 Å². The first-order valence-electron chi connectivity index (χ1n) is 27.3. The van der Waals surface area contributed by atoms with Gasteiger partial charge in [0.2, 0.25) is 0 Å². The van der Waals surface area contributed by atoms with E-state index in [0.717, 1.165) is 101 Å². The highest BCUT2D eigenvalue weighted by Gasteiger charge is 2.55. The molecule has 0 radical (unpaired) electrons. The van der Waals surface area contributed by atoms with Gasteiger partial charge in [-0.25, -0.2) is 9.59 Å². The Morgan fingerprint density at radius 3 is 1.21 bits per heavy atom. The largest absolute Gasteiger partial charge is 0.508 e. The highest BCUT2D eigenvalue weighted by molar-refractivity contribution is 5.93. The van der Waals surface area contributed by atoms with Gasteiger partial charge >= 0.3 is 11.9 Å². The van der Waals surface area contributed by atoms with Gasteiger partial charge in [-0.1, -0.05) is 139 Å². The fraction of sp³-hybridized carbons (Fsp3) is 0.724. The van der Waals surface area contributed by atoms with Crippen molar-refractivity contribution in [2.45, 2.75) is 231 Å². The van der Waals surface area contributed by atoms with E-state index < -0.39 is 0 Å². The van der Waals surface area contributed by atoms with Crippen molar-refractivity contribution in [3.63, 3.8) is 0 Å². The first kappa shape index (κ1) is 48.8. The van der Waals surface area contributed by atoms with Crippen LogP contribution in [0.25, 0.3) is 0 Å². The Morgan fingerprint density at radius 2 is 0.848 bits per heavy atom. The molecular weight excluding hydrogens is 821 g/mol. The lowest BCUT2D eigenvalue weighted by molar-refractivity contribution is -0.144. The number of phenolic OH excluding ortho intramolecular Hbond substituents is 2. The molecule has 6 aliphatic carbocycles. The Morgan fingerprint density at radius 1 is 0.500 bits per heavy atom. The van der Waals surface area contributed by atoms with Crippen LogP contribution >= 0.6 is 0 Å². The second-order valence-corrected chi connectivity index (χ2v) is 22.5. The fourth-order valence-electron chi connectivity index (χ4n) is 14.7. The molecule has 0 aromatic heterocycles. The molecule has 0 unspecified atom stereocenters. The second kappa shape index (κ2) is 23.1. The van der Waals surface area contributed by atoms with Gasteiger partial charge in [-0.3, -0.25) is 0 Å². The number of unbranched alkanes of at least 4 members (excludes halogenated alkanes) is 17. The standard InChI is InChI=1S/C58H84N2O6/c1-57-37-35-47-45-29-25-43(61)39-41(45)23-27-49(47)51(57)31-33-53(57)59-65-55(63)21-19-17-15-13-11-9-7-5-3-4-6-8-10-12-14-16-18-20-22-56(64)66-60-54-34-32-52-50-28-24-42-40-44(62)26-30-46(42)48(50)36-38-58(52,54)2/h25-26,29-30,39-40,47-52,61-62H,3-24,27-28,31-38H2,1-2H3/b59-53+,60-54+/t47-,48-,49-,50-,51+,52+,57+,58+/m1/s1. The lowest BCUT2D eigenvalue weighted by Crippen LogP contribution is -2.42. The van der Waals surface area contributed by atoms with E-state index >= 15 is 0 Å². The summed E-state index contributed by atoms with van der Waals surface area (Å²) in [7, 11) is 0. The fourth-order valence-corrected chi connectivity index (χ4v) is 14.7. The minimum atomic E-state index is -0.173. The zero-order valence-electron chi connectivity index (χ0n) is 41.0. The Kier molecular flexibility index (Phi) is 17.1. The molecule has 0 heterocycles. The van der Waals surface area contributed by atoms with Crippen LogP contribution in [0.3, 0.4) is 0 Å². The Bertz CT molecular complexity index is 1870. The number of hydrogen-bond donors (Lipinski definition) is 2. The highest BCUT2D eigenvalue weighted by Crippen LogP contribution is 2.61. The molecule has 362 valence electrons. The van der Waals surface area contributed by atoms with Gasteiger partial charge in [-0.15, -0.1) is 0 Å². The molecule has 66 heavy (non-hydrogen) atoms. The number of oxime groups is 2. The number of nitrogens with zero attached hydrogens (tertiary/aromatic N) is 2. The number of hydrogen-bond acceptors (Lipinski definition) is 8. The molecule has 0 bridgehead atoms. The van der Waals surface area contributed by atoms with Gasteiger partial charge < -0.3 is 19.9 Å². The molecule has 8 atom stereocenters. The predicted octanol–water partition coefficient (Wildman–Crippen LogP) is 15.1. The summed E-state index contributed by atoms with van der Waals surface area (Å²) < 4.78 is 0. The van der Waals surface area contributed by atoms with E-state index in [1.165, 1.54) is 125 Å². The van der Waals surface area contributed by atoms with Crippen LogP contribution in [0, 0.1) is 34.5 Å². The maximum Gasteiger partial charge on any atom is 0.335 e. The molecule has 0 saturated heterocycles. The summed E-state index contributed by atoms with van der Waals surface area (Å²) >= 11 is 0. The minimum Gasteiger partial charge on any atom is -0.508 e. The van der Waals surface area contributed by atoms with Crippen LogP contribution in [0.1, 0.15) is 241 Å². The van der Waals surface area contributed by atoms with Gasteiger partial charge in [0.15, 0.2) is 0 Å². The summed E-state index contributed by atoms with van der Waals surface area (Å²) in [5.41, 5.74) is 7.85. The quantitative estimate of drug-likeness (QED) is 0.0651. The van der Waals surface area contributed by atoms with Gasteiger partial charge in [0.05, 0.1) is 11.4 Å². The van der Waals surface area contributed by atoms with E-state index in [0.29, 0.717) is 59.8 Å². The molecule has 4 saturated carbocycles. The molecule has 0 amide bonds. The summed E-state index contributed by atoms with van der Waals surface area (Å²) in [6.07, 6.45) is 36.2. The summed E-state index contributed by atoms with van der Waals surface area (Å²) in [5.74, 6) is 4.05. The molecule has 8 nitrogen and oxygen atoms in total. The summed E-state index contributed by atoms with van der Waals surface area (Å²) in [6, 6.07) is 12.0. The summed E-state index contributed by atoms with van der Waals surface area (Å²) in [6.45, 7) is 4.74. The number of fused-ring (bicyclic) bond motifs is 10. The van der Waals surface area contributed by atoms with E-state index in [1.807, 2.05) is 24.3 Å². The molecule has 2 aromatic carbocycles. The van der Waals surface area contributed by atoms with E-state index in [9.17, 15) is 19.8 Å². The van der Waals surface area contributed by atoms with Crippen LogP contribution in [0.4, 0.5) is 0 Å². The molecule has 4 fully saturated rings. The predicted molar refractivity (Wildman–Crippen MR) is 265 cm³/mol. The molecule has 0 aliphatic heterocycles. The average Bonchev–Trinajstić information content (AvgIpc) is 3.84. The van der Waals surface area contributed by atoms with Gasteiger partial charge in [-0.05, 0) is 172 Å². The maximum atomic E-state index is 12.6. The third-order valence-corrected chi connectivity index (χ3v) is 18.4. The molecular formula is C58H84N2O6. The van der Waals surface area contributed by atoms with Crippen molar-refractivity contribution in [1.82, 2.24) is 0 Å². The lowest BCUT2D eigenvalue weighted by atomic mass is 9.55. The zero-order chi connectivity index (χ0) is 45.9. The third kappa shape index (κ3) is 11.6. The minimum absolute atomic E-state index is 0.0369. The number of carbonyl (C=O) groups is 2. The molecule has 2 aromatic rings. The van der Waals surface area contributed by atoms with Gasteiger partial charge in [0, 0.05) is 23.7 Å². The van der Waals surface area contributed by atoms with Crippen molar-refractivity contribution in [3.05, 3.63) is 58.7 Å². The van der Waals surface area contributed by atoms with Crippen LogP contribution in [0.15, 0.2) is 46.7 Å². The highest BCUT2D eigenvalue weighted by atomic mass is 16.7. The van der Waals surface area contributed by atoms with E-state index in [4.69, 9.17) is 9.68 Å². The van der Waals surface area contributed by atoms with E-state index in [2.05, 4.69) is 36.3 Å². The number of carbonyl (C=O) groups excluding carboxylic acids is 2. The van der Waals surface area contributed by atoms with E-state index in [1.54, 1.807) is 0 Å². The number of aryl methyl sites for hydroxylation is 2. The number of phenols is 2. The van der Waals surface area contributed by atoms with Crippen LogP contribution < -0.4 is 0 Å². The SMILES string of the molecule is C[C@]12CC[C@@H]3c4ccc(O)cc4CC[C@H]3[C@@H]1CC/C2=N\OC(=O)CCCCCCCCCCCCCCCCCCCCC(=O)O/N=C1\CC[C@H]2[C@@H]3CCc4cc(O)ccc4[C@H]3CC[C@]12C. The van der Waals surface area contributed by atoms with E-state index in [-0.39, 0.29) is 22.8 Å². The summed E-state index contributed by atoms with van der Waals surface area (Å²) in [5, 5.41) is 29.0. The van der Waals surface area contributed by atoms with Crippen molar-refractivity contribution in [2.24, 2.45) is 44.8 Å². The Labute approximate surface area is 397 Å². The van der Waals surface area contributed by atoms with Crippen molar-refractivity contribution in [3.8, 4) is 11.5 Å². The lowest BCUT2D eigenvalue weighted by Gasteiger charge is -2.49. The third-order valence-electron chi connectivity index (χ3n) is 18.4. The average molecular weight is 905 g/mol. The number of aromatic hydroxyl groups is 2. The number of rotatable bonds is 23. The maximum absolute atomic E-state index is 12.6. The van der Waals surface area contributed by atoms with Gasteiger partial charge in [0.1, 0.15) is 11.5 Å². The Balaban J connectivity index is 0.572. The van der Waals surface area contributed by atoms with Gasteiger partial charge in [-0.2, -0.15) is 0 Å². The van der Waals surface area contributed by atoms with Crippen molar-refractivity contribution < 1.29 is 29.5 Å². The topological polar surface area (TPSA) is 118 Å². The van der Waals surface area contributed by atoms with Crippen molar-refractivity contribution in [1.29, 1.82) is 0 Å². The molecule has 0 spiro atoms. The van der Waals surface area contributed by atoms with Crippen LogP contribution in [-0.4, -0.2) is 33.6 Å². The first-order chi connectivity index (χ1) is 32.1. The van der Waals surface area contributed by atoms with Crippen molar-refractivity contribution >= 4 is 23.4 Å².